The third kappa shape index (κ3) is 5.06. The molecule has 5 rings (SSSR count). The maximum Gasteiger partial charge on any atom is 0.414 e. The lowest BCUT2D eigenvalue weighted by Crippen LogP contribution is -2.31. The molecule has 1 aliphatic heterocycles. The molecule has 37 heavy (non-hydrogen) atoms. The fourth-order valence-electron chi connectivity index (χ4n) is 4.52. The van der Waals surface area contributed by atoms with Crippen LogP contribution in [0.25, 0.3) is 10.9 Å². The van der Waals surface area contributed by atoms with E-state index in [2.05, 4.69) is 14.9 Å². The van der Waals surface area contributed by atoms with Crippen molar-refractivity contribution in [3.8, 4) is 11.5 Å². The molecule has 3 aromatic carbocycles. The average Bonchev–Trinajstić information content (AvgIpc) is 3.25. The van der Waals surface area contributed by atoms with Crippen LogP contribution >= 0.6 is 0 Å². The van der Waals surface area contributed by atoms with Gasteiger partial charge >= 0.3 is 6.09 Å². The van der Waals surface area contributed by atoms with Crippen LogP contribution in [0.1, 0.15) is 18.1 Å². The first-order chi connectivity index (χ1) is 17.9. The molecule has 1 saturated heterocycles. The first kappa shape index (κ1) is 24.2. The number of hydrogen-bond donors (Lipinski definition) is 1. The summed E-state index contributed by atoms with van der Waals surface area (Å²) < 4.78 is 16.0. The van der Waals surface area contributed by atoms with E-state index in [0.717, 1.165) is 33.7 Å². The Kier molecular flexibility index (Phi) is 6.68. The summed E-state index contributed by atoms with van der Waals surface area (Å²) in [6, 6.07) is 19.7. The second-order valence-corrected chi connectivity index (χ2v) is 8.97. The summed E-state index contributed by atoms with van der Waals surface area (Å²) in [6.45, 7) is 3.48. The molecule has 1 amide bonds. The second kappa shape index (κ2) is 10.2. The molecule has 190 valence electrons. The number of cyclic esters (lactones) is 1. The lowest BCUT2D eigenvalue weighted by Gasteiger charge is -2.28. The van der Waals surface area contributed by atoms with Gasteiger partial charge in [0, 0.05) is 24.7 Å². The van der Waals surface area contributed by atoms with Crippen molar-refractivity contribution in [2.75, 3.05) is 36.4 Å². The van der Waals surface area contributed by atoms with Gasteiger partial charge in [-0.2, -0.15) is 0 Å². The maximum absolute atomic E-state index is 12.6. The first-order valence-corrected chi connectivity index (χ1v) is 12.0. The number of nitrogen functional groups attached to an aromatic ring is 1. The van der Waals surface area contributed by atoms with Crippen LogP contribution in [0, 0.1) is 0 Å². The van der Waals surface area contributed by atoms with E-state index in [1.807, 2.05) is 67.6 Å². The molecule has 1 fully saturated rings. The van der Waals surface area contributed by atoms with Crippen LogP contribution in [0.2, 0.25) is 0 Å². The zero-order chi connectivity index (χ0) is 25.9. The summed E-state index contributed by atoms with van der Waals surface area (Å²) in [6.07, 6.45) is 1.36. The summed E-state index contributed by atoms with van der Waals surface area (Å²) in [5, 5.41) is 0.834. The Balaban J connectivity index is 1.62. The molecule has 0 spiro atoms. The molecular weight excluding hydrogens is 470 g/mol. The lowest BCUT2D eigenvalue weighted by molar-refractivity contribution is 0.179. The number of carbonyl (C=O) groups is 1. The fourth-order valence-corrected chi connectivity index (χ4v) is 4.52. The summed E-state index contributed by atoms with van der Waals surface area (Å²) in [7, 11) is 3.30. The number of benzene rings is 3. The normalized spacial score (nSPS) is 15.1. The molecule has 2 N–H and O–H groups in total. The highest BCUT2D eigenvalue weighted by Gasteiger charge is 2.32. The van der Waals surface area contributed by atoms with Crippen LogP contribution in [-0.2, 0) is 17.8 Å². The monoisotopic (exact) mass is 499 g/mol. The first-order valence-electron chi connectivity index (χ1n) is 12.0. The molecule has 1 aromatic heterocycles. The zero-order valence-electron chi connectivity index (χ0n) is 21.0. The van der Waals surface area contributed by atoms with E-state index in [-0.39, 0.29) is 18.1 Å². The van der Waals surface area contributed by atoms with E-state index in [1.54, 1.807) is 25.3 Å². The molecule has 9 nitrogen and oxygen atoms in total. The van der Waals surface area contributed by atoms with E-state index < -0.39 is 0 Å². The number of carbonyl (C=O) groups excluding carboxylic acids is 1. The lowest BCUT2D eigenvalue weighted by atomic mass is 10.1. The van der Waals surface area contributed by atoms with Gasteiger partial charge in [-0.3, -0.25) is 4.90 Å². The zero-order valence-corrected chi connectivity index (χ0v) is 21.0. The van der Waals surface area contributed by atoms with Gasteiger partial charge in [-0.15, -0.1) is 0 Å². The van der Waals surface area contributed by atoms with Gasteiger partial charge in [0.15, 0.2) is 0 Å². The van der Waals surface area contributed by atoms with Crippen LogP contribution in [0.3, 0.4) is 0 Å². The molecule has 1 atom stereocenters. The molecule has 0 aliphatic carbocycles. The van der Waals surface area contributed by atoms with Crippen molar-refractivity contribution in [2.24, 2.45) is 0 Å². The van der Waals surface area contributed by atoms with Crippen molar-refractivity contribution in [3.05, 3.63) is 78.0 Å². The van der Waals surface area contributed by atoms with Gasteiger partial charge in [0.1, 0.15) is 18.1 Å². The second-order valence-electron chi connectivity index (χ2n) is 8.97. The summed E-state index contributed by atoms with van der Waals surface area (Å²) in [4.78, 5) is 25.2. The number of ether oxygens (including phenoxy) is 3. The standard InChI is InChI=1S/C28H29N5O4/c1-18-17-37-28(34)33(18)21-12-25-24(14-30-27(29)31-25)26(13-21)32(15-19-4-8-22(35-2)9-5-19)16-20-6-10-23(36-3)11-7-20/h4-14,18H,15-17H2,1-3H3,(H2,29,30,31)/t18-/m0/s1. The van der Waals surface area contributed by atoms with E-state index in [9.17, 15) is 4.79 Å². The minimum Gasteiger partial charge on any atom is -0.497 e. The number of aromatic nitrogens is 2. The number of anilines is 3. The van der Waals surface area contributed by atoms with Crippen molar-refractivity contribution >= 4 is 34.3 Å². The fraction of sp³-hybridized carbons (Fsp3) is 0.250. The van der Waals surface area contributed by atoms with Crippen molar-refractivity contribution in [3.63, 3.8) is 0 Å². The largest absolute Gasteiger partial charge is 0.497 e. The Bertz CT molecular complexity index is 1360. The number of amides is 1. The number of nitrogens with zero attached hydrogens (tertiary/aromatic N) is 4. The minimum absolute atomic E-state index is 0.103. The van der Waals surface area contributed by atoms with Crippen LogP contribution in [0.5, 0.6) is 11.5 Å². The number of hydrogen-bond acceptors (Lipinski definition) is 8. The van der Waals surface area contributed by atoms with Gasteiger partial charge in [0.05, 0.1) is 37.2 Å². The average molecular weight is 500 g/mol. The Hall–Kier alpha value is -4.53. The van der Waals surface area contributed by atoms with Gasteiger partial charge in [-0.1, -0.05) is 24.3 Å². The number of methoxy groups -OCH3 is 2. The Morgan fingerprint density at radius 1 is 1.00 bits per heavy atom. The molecule has 4 aromatic rings. The summed E-state index contributed by atoms with van der Waals surface area (Å²) in [5.41, 5.74) is 10.4. The van der Waals surface area contributed by atoms with Crippen LogP contribution in [0.4, 0.5) is 22.1 Å². The Labute approximate surface area is 215 Å². The summed E-state index contributed by atoms with van der Waals surface area (Å²) >= 11 is 0. The van der Waals surface area contributed by atoms with Gasteiger partial charge in [-0.05, 0) is 54.4 Å². The van der Waals surface area contributed by atoms with Gasteiger partial charge in [0.25, 0.3) is 0 Å². The van der Waals surface area contributed by atoms with Gasteiger partial charge < -0.3 is 24.8 Å². The minimum atomic E-state index is -0.378. The predicted octanol–water partition coefficient (Wildman–Crippen LogP) is 4.78. The van der Waals surface area contributed by atoms with Gasteiger partial charge in [-0.25, -0.2) is 14.8 Å². The summed E-state index contributed by atoms with van der Waals surface area (Å²) in [5.74, 6) is 1.76. The molecule has 0 bridgehead atoms. The van der Waals surface area contributed by atoms with Crippen LogP contribution in [-0.4, -0.2) is 42.9 Å². The molecule has 0 unspecified atom stereocenters. The topological polar surface area (TPSA) is 103 Å². The van der Waals surface area contributed by atoms with E-state index in [4.69, 9.17) is 19.9 Å². The quantitative estimate of drug-likeness (QED) is 0.369. The SMILES string of the molecule is COc1ccc(CN(Cc2ccc(OC)cc2)c2cc(N3C(=O)OC[C@@H]3C)cc3nc(N)ncc23)cc1. The highest BCUT2D eigenvalue weighted by Crippen LogP contribution is 2.36. The van der Waals surface area contributed by atoms with Crippen molar-refractivity contribution < 1.29 is 19.0 Å². The number of nitrogens with two attached hydrogens (primary N) is 1. The highest BCUT2D eigenvalue weighted by molar-refractivity contribution is 5.99. The molecule has 9 heteroatoms. The molecule has 0 saturated carbocycles. The van der Waals surface area contributed by atoms with Crippen LogP contribution in [0.15, 0.2) is 66.9 Å². The van der Waals surface area contributed by atoms with Crippen molar-refractivity contribution in [1.29, 1.82) is 0 Å². The molecular formula is C28H29N5O4. The molecule has 0 radical (unpaired) electrons. The van der Waals surface area contributed by atoms with E-state index in [1.165, 1.54) is 0 Å². The number of fused-ring (bicyclic) bond motifs is 1. The Morgan fingerprint density at radius 3 is 2.11 bits per heavy atom. The smallest absolute Gasteiger partial charge is 0.414 e. The number of rotatable bonds is 8. The van der Waals surface area contributed by atoms with Crippen molar-refractivity contribution in [1.82, 2.24) is 9.97 Å². The van der Waals surface area contributed by atoms with E-state index >= 15 is 0 Å². The highest BCUT2D eigenvalue weighted by atomic mass is 16.6. The van der Waals surface area contributed by atoms with Crippen molar-refractivity contribution in [2.45, 2.75) is 26.1 Å². The maximum atomic E-state index is 12.6. The third-order valence-electron chi connectivity index (χ3n) is 6.45. The van der Waals surface area contributed by atoms with Crippen LogP contribution < -0.4 is 25.0 Å². The molecule has 2 heterocycles. The molecule has 1 aliphatic rings. The van der Waals surface area contributed by atoms with Gasteiger partial charge in [0.2, 0.25) is 5.95 Å². The predicted molar refractivity (Wildman–Crippen MR) is 143 cm³/mol. The Morgan fingerprint density at radius 2 is 1.59 bits per heavy atom. The third-order valence-corrected chi connectivity index (χ3v) is 6.45. The van der Waals surface area contributed by atoms with E-state index in [0.29, 0.717) is 30.9 Å².